The van der Waals surface area contributed by atoms with Crippen molar-refractivity contribution in [3.05, 3.63) is 29.8 Å². The topological polar surface area (TPSA) is 72.6 Å². The molecule has 1 aromatic rings. The monoisotopic (exact) mass is 286 g/mol. The van der Waals surface area contributed by atoms with Gasteiger partial charge in [-0.15, -0.1) is 0 Å². The normalized spacial score (nSPS) is 13.7. The summed E-state index contributed by atoms with van der Waals surface area (Å²) < 4.78 is 30.7. The predicted molar refractivity (Wildman–Crippen MR) is 77.3 cm³/mol. The Kier molecular flexibility index (Phi) is 5.78. The summed E-state index contributed by atoms with van der Waals surface area (Å²) in [4.78, 5) is 0. The lowest BCUT2D eigenvalue weighted by Gasteiger charge is -2.24. The molecule has 0 aliphatic carbocycles. The van der Waals surface area contributed by atoms with Gasteiger partial charge in [0.25, 0.3) is 0 Å². The molecule has 2 N–H and O–H groups in total. The molecular weight excluding hydrogens is 264 g/mol. The van der Waals surface area contributed by atoms with Gasteiger partial charge in [-0.1, -0.05) is 12.1 Å². The van der Waals surface area contributed by atoms with Gasteiger partial charge in [0.2, 0.25) is 10.0 Å². The van der Waals surface area contributed by atoms with Crippen LogP contribution in [0.4, 0.5) is 5.69 Å². The highest BCUT2D eigenvalue weighted by molar-refractivity contribution is 7.89. The fraction of sp³-hybridized carbons (Fsp3) is 0.538. The Morgan fingerprint density at radius 1 is 1.42 bits per heavy atom. The first-order valence-corrected chi connectivity index (χ1v) is 7.88. The summed E-state index contributed by atoms with van der Waals surface area (Å²) in [5, 5.41) is 0. The van der Waals surface area contributed by atoms with Gasteiger partial charge in [0.15, 0.2) is 0 Å². The Balaban J connectivity index is 2.78. The van der Waals surface area contributed by atoms with E-state index in [1.807, 2.05) is 26.0 Å². The number of nitrogen functional groups attached to an aromatic ring is 1. The molecule has 0 aliphatic heterocycles. The Bertz CT molecular complexity index is 502. The van der Waals surface area contributed by atoms with Gasteiger partial charge in [0.1, 0.15) is 0 Å². The second-order valence-corrected chi connectivity index (χ2v) is 6.52. The van der Waals surface area contributed by atoms with E-state index in [0.717, 1.165) is 5.56 Å². The van der Waals surface area contributed by atoms with Crippen molar-refractivity contribution in [1.29, 1.82) is 0 Å². The van der Waals surface area contributed by atoms with Crippen LogP contribution in [-0.2, 0) is 14.8 Å². The first-order valence-electron chi connectivity index (χ1n) is 6.27. The number of hydrogen-bond acceptors (Lipinski definition) is 4. The van der Waals surface area contributed by atoms with Crippen molar-refractivity contribution < 1.29 is 13.2 Å². The van der Waals surface area contributed by atoms with Crippen LogP contribution in [0.15, 0.2) is 24.3 Å². The van der Waals surface area contributed by atoms with Crippen LogP contribution in [0.5, 0.6) is 0 Å². The molecule has 0 amide bonds. The zero-order valence-corrected chi connectivity index (χ0v) is 12.5. The summed E-state index contributed by atoms with van der Waals surface area (Å²) >= 11 is 0. The Morgan fingerprint density at radius 2 is 2.11 bits per heavy atom. The minimum Gasteiger partial charge on any atom is -0.399 e. The molecule has 0 heterocycles. The molecule has 0 saturated carbocycles. The number of benzene rings is 1. The molecule has 0 spiro atoms. The lowest BCUT2D eigenvalue weighted by atomic mass is 10.1. The molecule has 1 atom stereocenters. The van der Waals surface area contributed by atoms with Crippen LogP contribution in [0.2, 0.25) is 0 Å². The van der Waals surface area contributed by atoms with Crippen LogP contribution in [0.25, 0.3) is 0 Å². The number of rotatable bonds is 7. The van der Waals surface area contributed by atoms with E-state index < -0.39 is 10.0 Å². The predicted octanol–water partition coefficient (Wildman–Crippen LogP) is 1.63. The molecule has 1 rings (SSSR count). The molecule has 1 unspecified atom stereocenters. The minimum atomic E-state index is -3.33. The lowest BCUT2D eigenvalue weighted by molar-refractivity contribution is 0.162. The molecular formula is C13H22N2O3S. The second-order valence-electron chi connectivity index (χ2n) is 4.38. The Morgan fingerprint density at radius 3 is 2.68 bits per heavy atom. The second kappa shape index (κ2) is 6.88. The molecule has 0 fully saturated rings. The molecule has 0 saturated heterocycles. The average Bonchev–Trinajstić information content (AvgIpc) is 2.37. The summed E-state index contributed by atoms with van der Waals surface area (Å²) in [7, 11) is -1.75. The molecule has 5 nitrogen and oxygen atoms in total. The first kappa shape index (κ1) is 15.9. The fourth-order valence-electron chi connectivity index (χ4n) is 1.72. The van der Waals surface area contributed by atoms with Crippen molar-refractivity contribution in [2.75, 3.05) is 31.7 Å². The van der Waals surface area contributed by atoms with Gasteiger partial charge in [0, 0.05) is 25.4 Å². The van der Waals surface area contributed by atoms with Crippen LogP contribution < -0.4 is 5.73 Å². The molecule has 0 aliphatic rings. The largest absolute Gasteiger partial charge is 0.399 e. The third-order valence-electron chi connectivity index (χ3n) is 3.07. The Labute approximate surface area is 115 Å². The van der Waals surface area contributed by atoms with Gasteiger partial charge >= 0.3 is 0 Å². The number of hydrogen-bond donors (Lipinski definition) is 1. The highest BCUT2D eigenvalue weighted by Crippen LogP contribution is 2.23. The molecule has 1 aromatic carbocycles. The van der Waals surface area contributed by atoms with Gasteiger partial charge in [-0.2, -0.15) is 4.31 Å². The maximum absolute atomic E-state index is 12.1. The van der Waals surface area contributed by atoms with Crippen molar-refractivity contribution >= 4 is 15.7 Å². The van der Waals surface area contributed by atoms with E-state index in [-0.39, 0.29) is 18.4 Å². The maximum Gasteiger partial charge on any atom is 0.216 e. The van der Waals surface area contributed by atoms with Gasteiger partial charge in [-0.3, -0.25) is 0 Å². The van der Waals surface area contributed by atoms with Crippen LogP contribution in [0.1, 0.15) is 25.5 Å². The summed E-state index contributed by atoms with van der Waals surface area (Å²) in [6, 6.07) is 7.01. The first-order chi connectivity index (χ1) is 8.88. The molecule has 0 aromatic heterocycles. The standard InChI is InChI=1S/C13H22N2O3S/c1-4-18-8-9-19(16,17)15(3)11(2)12-6-5-7-13(14)10-12/h5-7,10-11H,4,8-9,14H2,1-3H3. The third kappa shape index (κ3) is 4.49. The average molecular weight is 286 g/mol. The van der Waals surface area contributed by atoms with E-state index in [2.05, 4.69) is 0 Å². The van der Waals surface area contributed by atoms with Gasteiger partial charge in [-0.25, -0.2) is 8.42 Å². The molecule has 108 valence electrons. The van der Waals surface area contributed by atoms with E-state index in [1.165, 1.54) is 4.31 Å². The summed E-state index contributed by atoms with van der Waals surface area (Å²) in [6.07, 6.45) is 0. The number of ether oxygens (including phenoxy) is 1. The molecule has 19 heavy (non-hydrogen) atoms. The van der Waals surface area contributed by atoms with E-state index in [1.54, 1.807) is 19.2 Å². The van der Waals surface area contributed by atoms with Crippen molar-refractivity contribution in [3.8, 4) is 0 Å². The fourth-order valence-corrected chi connectivity index (χ4v) is 2.94. The highest BCUT2D eigenvalue weighted by Gasteiger charge is 2.24. The molecule has 6 heteroatoms. The van der Waals surface area contributed by atoms with Gasteiger partial charge in [-0.05, 0) is 31.5 Å². The minimum absolute atomic E-state index is 0.00992. The van der Waals surface area contributed by atoms with E-state index >= 15 is 0 Å². The van der Waals surface area contributed by atoms with Crippen molar-refractivity contribution in [2.45, 2.75) is 19.9 Å². The molecule has 0 radical (unpaired) electrons. The van der Waals surface area contributed by atoms with Crippen LogP contribution >= 0.6 is 0 Å². The van der Waals surface area contributed by atoms with Crippen molar-refractivity contribution in [2.24, 2.45) is 0 Å². The zero-order chi connectivity index (χ0) is 14.5. The smallest absolute Gasteiger partial charge is 0.216 e. The van der Waals surface area contributed by atoms with Gasteiger partial charge in [0.05, 0.1) is 12.4 Å². The summed E-state index contributed by atoms with van der Waals surface area (Å²) in [5.74, 6) is -0.00992. The quantitative estimate of drug-likeness (QED) is 0.611. The number of nitrogens with two attached hydrogens (primary N) is 1. The van der Waals surface area contributed by atoms with Crippen LogP contribution in [0, 0.1) is 0 Å². The van der Waals surface area contributed by atoms with Crippen molar-refractivity contribution in [1.82, 2.24) is 4.31 Å². The van der Waals surface area contributed by atoms with E-state index in [4.69, 9.17) is 10.5 Å². The van der Waals surface area contributed by atoms with E-state index in [9.17, 15) is 8.42 Å². The lowest BCUT2D eigenvalue weighted by Crippen LogP contribution is -2.33. The van der Waals surface area contributed by atoms with E-state index in [0.29, 0.717) is 12.3 Å². The molecule has 0 bridgehead atoms. The third-order valence-corrected chi connectivity index (χ3v) is 4.94. The highest BCUT2D eigenvalue weighted by atomic mass is 32.2. The van der Waals surface area contributed by atoms with Crippen molar-refractivity contribution in [3.63, 3.8) is 0 Å². The SMILES string of the molecule is CCOCCS(=O)(=O)N(C)C(C)c1cccc(N)c1. The summed E-state index contributed by atoms with van der Waals surface area (Å²) in [6.45, 7) is 4.41. The van der Waals surface area contributed by atoms with Crippen LogP contribution in [-0.4, -0.2) is 38.7 Å². The Hall–Kier alpha value is -1.11. The number of sulfonamides is 1. The zero-order valence-electron chi connectivity index (χ0n) is 11.7. The van der Waals surface area contributed by atoms with Crippen LogP contribution in [0.3, 0.4) is 0 Å². The summed E-state index contributed by atoms with van der Waals surface area (Å²) in [5.41, 5.74) is 7.22. The number of nitrogens with zero attached hydrogens (tertiary/aromatic N) is 1. The maximum atomic E-state index is 12.1. The van der Waals surface area contributed by atoms with Gasteiger partial charge < -0.3 is 10.5 Å². The number of anilines is 1.